The predicted molar refractivity (Wildman–Crippen MR) is 95.7 cm³/mol. The summed E-state index contributed by atoms with van der Waals surface area (Å²) in [6.07, 6.45) is 2.88. The molecule has 0 amide bonds. The highest BCUT2D eigenvalue weighted by Gasteiger charge is 2.30. The van der Waals surface area contributed by atoms with E-state index in [-0.39, 0.29) is 34.4 Å². The van der Waals surface area contributed by atoms with Crippen LogP contribution in [0.25, 0.3) is 11.0 Å². The van der Waals surface area contributed by atoms with E-state index in [0.717, 1.165) is 12.8 Å². The van der Waals surface area contributed by atoms with Gasteiger partial charge in [-0.3, -0.25) is 14.3 Å². The predicted octanol–water partition coefficient (Wildman–Crippen LogP) is -0.584. The molecule has 1 aliphatic heterocycles. The fourth-order valence-electron chi connectivity index (χ4n) is 2.90. The van der Waals surface area contributed by atoms with Gasteiger partial charge in [0.25, 0.3) is 5.56 Å². The Labute approximate surface area is 150 Å². The highest BCUT2D eigenvalue weighted by atomic mass is 35.5. The number of fused-ring (bicyclic) bond motifs is 1. The van der Waals surface area contributed by atoms with Crippen LogP contribution >= 0.6 is 12.4 Å². The minimum Gasteiger partial charge on any atom is -0.316 e. The number of sulfonamides is 1. The van der Waals surface area contributed by atoms with Gasteiger partial charge in [-0.15, -0.1) is 12.4 Å². The molecule has 2 aromatic rings. The summed E-state index contributed by atoms with van der Waals surface area (Å²) in [5.74, 6) is 0. The monoisotopic (exact) mass is 389 g/mol. The van der Waals surface area contributed by atoms with Gasteiger partial charge in [0.2, 0.25) is 10.0 Å². The van der Waals surface area contributed by atoms with Crippen LogP contribution in [0.1, 0.15) is 12.8 Å². The minimum atomic E-state index is -3.75. The van der Waals surface area contributed by atoms with E-state index in [0.29, 0.717) is 13.1 Å². The third-order valence-corrected chi connectivity index (χ3v) is 6.19. The molecule has 2 N–H and O–H groups in total. The zero-order chi connectivity index (χ0) is 17.5. The van der Waals surface area contributed by atoms with Crippen molar-refractivity contribution < 1.29 is 8.42 Å². The average molecular weight is 390 g/mol. The van der Waals surface area contributed by atoms with Crippen LogP contribution in [-0.2, 0) is 17.1 Å². The first kappa shape index (κ1) is 19.6. The lowest BCUT2D eigenvalue weighted by Crippen LogP contribution is -2.46. The quantitative estimate of drug-likeness (QED) is 0.725. The second-order valence-corrected chi connectivity index (χ2v) is 7.79. The molecular formula is C14H20ClN5O4S. The lowest BCUT2D eigenvalue weighted by molar-refractivity contribution is 0.293. The molecule has 1 fully saturated rings. The van der Waals surface area contributed by atoms with Crippen LogP contribution in [0.15, 0.2) is 26.7 Å². The average Bonchev–Trinajstić information content (AvgIpc) is 2.59. The van der Waals surface area contributed by atoms with Gasteiger partial charge in [-0.1, -0.05) is 0 Å². The largest absolute Gasteiger partial charge is 0.329 e. The molecule has 0 radical (unpaired) electrons. The second kappa shape index (κ2) is 7.24. The molecule has 0 saturated carbocycles. The maximum absolute atomic E-state index is 12.8. The van der Waals surface area contributed by atoms with Gasteiger partial charge < -0.3 is 5.32 Å². The molecule has 11 heteroatoms. The molecule has 0 spiro atoms. The summed E-state index contributed by atoms with van der Waals surface area (Å²) in [6.45, 7) is 0.808. The lowest BCUT2D eigenvalue weighted by atomic mass is 10.1. The van der Waals surface area contributed by atoms with Gasteiger partial charge in [0.05, 0.1) is 5.39 Å². The van der Waals surface area contributed by atoms with Crippen molar-refractivity contribution in [2.45, 2.75) is 23.8 Å². The lowest BCUT2D eigenvalue weighted by Gasteiger charge is -2.31. The van der Waals surface area contributed by atoms with E-state index < -0.39 is 21.3 Å². The van der Waals surface area contributed by atoms with Crippen molar-refractivity contribution in [2.75, 3.05) is 20.1 Å². The Morgan fingerprint density at radius 3 is 2.76 bits per heavy atom. The molecule has 1 saturated heterocycles. The molecule has 3 heterocycles. The number of likely N-dealkylation sites (N-methyl/N-ethyl adjacent to an activating group) is 1. The third-order valence-electron chi connectivity index (χ3n) is 4.36. The maximum atomic E-state index is 12.8. The number of hydrogen-bond acceptors (Lipinski definition) is 6. The minimum absolute atomic E-state index is 0. The van der Waals surface area contributed by atoms with Gasteiger partial charge in [0.15, 0.2) is 0 Å². The van der Waals surface area contributed by atoms with Crippen molar-refractivity contribution in [1.29, 1.82) is 0 Å². The Hall–Kier alpha value is -1.75. The Kier molecular flexibility index (Phi) is 5.67. The number of aryl methyl sites for hydroxylation is 1. The van der Waals surface area contributed by atoms with Gasteiger partial charge in [0.1, 0.15) is 10.5 Å². The SMILES string of the molecule is CNC1CCCN(S(=O)(=O)c2cnc3c(c2)c(=O)[nH]c(=O)n3C)C1.Cl. The molecule has 2 aromatic heterocycles. The molecule has 0 aliphatic carbocycles. The smallest absolute Gasteiger partial charge is 0.316 e. The van der Waals surface area contributed by atoms with E-state index in [9.17, 15) is 18.0 Å². The van der Waals surface area contributed by atoms with Gasteiger partial charge in [-0.2, -0.15) is 4.31 Å². The molecule has 0 aromatic carbocycles. The van der Waals surface area contributed by atoms with Gasteiger partial charge >= 0.3 is 5.69 Å². The first-order valence-corrected chi connectivity index (χ1v) is 9.05. The molecule has 3 rings (SSSR count). The molecule has 1 aliphatic rings. The Bertz CT molecular complexity index is 1000. The maximum Gasteiger partial charge on any atom is 0.329 e. The molecule has 9 nitrogen and oxygen atoms in total. The number of nitrogens with zero attached hydrogens (tertiary/aromatic N) is 3. The van der Waals surface area contributed by atoms with Crippen molar-refractivity contribution in [3.8, 4) is 0 Å². The second-order valence-electron chi connectivity index (χ2n) is 5.85. The van der Waals surface area contributed by atoms with Crippen LogP contribution in [0.5, 0.6) is 0 Å². The Morgan fingerprint density at radius 2 is 2.08 bits per heavy atom. The standard InChI is InChI=1S/C14H19N5O4S.ClH/c1-15-9-4-3-5-19(8-9)24(22,23)10-6-11-12(16-7-10)18(2)14(21)17-13(11)20;/h6-7,9,15H,3-5,8H2,1-2H3,(H,17,20,21);1H. The van der Waals surface area contributed by atoms with Crippen LogP contribution in [-0.4, -0.2) is 53.4 Å². The summed E-state index contributed by atoms with van der Waals surface area (Å²) in [4.78, 5) is 29.7. The van der Waals surface area contributed by atoms with E-state index in [1.165, 1.54) is 28.2 Å². The van der Waals surface area contributed by atoms with E-state index in [4.69, 9.17) is 0 Å². The van der Waals surface area contributed by atoms with Crippen LogP contribution < -0.4 is 16.6 Å². The number of rotatable bonds is 3. The fourth-order valence-corrected chi connectivity index (χ4v) is 4.40. The topological polar surface area (TPSA) is 117 Å². The van der Waals surface area contributed by atoms with E-state index >= 15 is 0 Å². The molecule has 1 unspecified atom stereocenters. The first-order valence-electron chi connectivity index (χ1n) is 7.61. The Morgan fingerprint density at radius 1 is 1.36 bits per heavy atom. The number of hydrogen-bond donors (Lipinski definition) is 2. The van der Waals surface area contributed by atoms with Crippen LogP contribution in [0, 0.1) is 0 Å². The molecule has 0 bridgehead atoms. The fraction of sp³-hybridized carbons (Fsp3) is 0.500. The summed E-state index contributed by atoms with van der Waals surface area (Å²) in [5, 5.41) is 3.16. The van der Waals surface area contributed by atoms with Gasteiger partial charge in [-0.05, 0) is 26.0 Å². The summed E-state index contributed by atoms with van der Waals surface area (Å²) in [6, 6.07) is 1.38. The number of aromatic nitrogens is 3. The van der Waals surface area contributed by atoms with Gasteiger partial charge in [-0.25, -0.2) is 18.2 Å². The number of nitrogens with one attached hydrogen (secondary N) is 2. The molecule has 138 valence electrons. The van der Waals surface area contributed by atoms with Crippen LogP contribution in [0.3, 0.4) is 0 Å². The number of halogens is 1. The number of piperidine rings is 1. The summed E-state index contributed by atoms with van der Waals surface area (Å²) >= 11 is 0. The number of H-pyrrole nitrogens is 1. The van der Waals surface area contributed by atoms with Crippen molar-refractivity contribution in [3.05, 3.63) is 33.1 Å². The molecular weight excluding hydrogens is 370 g/mol. The summed E-state index contributed by atoms with van der Waals surface area (Å²) in [5.41, 5.74) is -1.10. The molecule has 1 atom stereocenters. The van der Waals surface area contributed by atoms with Crippen molar-refractivity contribution in [2.24, 2.45) is 7.05 Å². The first-order chi connectivity index (χ1) is 11.3. The Balaban J connectivity index is 0.00000225. The van der Waals surface area contributed by atoms with Gasteiger partial charge in [0, 0.05) is 32.4 Å². The summed E-state index contributed by atoms with van der Waals surface area (Å²) in [7, 11) is -0.479. The molecule has 25 heavy (non-hydrogen) atoms. The highest BCUT2D eigenvalue weighted by Crippen LogP contribution is 2.21. The van der Waals surface area contributed by atoms with Crippen molar-refractivity contribution >= 4 is 33.5 Å². The van der Waals surface area contributed by atoms with Crippen LogP contribution in [0.4, 0.5) is 0 Å². The van der Waals surface area contributed by atoms with Crippen LogP contribution in [0.2, 0.25) is 0 Å². The highest BCUT2D eigenvalue weighted by molar-refractivity contribution is 7.89. The zero-order valence-electron chi connectivity index (χ0n) is 13.9. The van der Waals surface area contributed by atoms with E-state index in [2.05, 4.69) is 15.3 Å². The third kappa shape index (κ3) is 3.47. The van der Waals surface area contributed by atoms with Crippen molar-refractivity contribution in [3.63, 3.8) is 0 Å². The van der Waals surface area contributed by atoms with Crippen molar-refractivity contribution in [1.82, 2.24) is 24.2 Å². The number of aromatic amines is 1. The zero-order valence-corrected chi connectivity index (χ0v) is 15.5. The summed E-state index contributed by atoms with van der Waals surface area (Å²) < 4.78 is 28.2. The number of pyridine rings is 1. The van der Waals surface area contributed by atoms with E-state index in [1.807, 2.05) is 0 Å². The normalized spacial score (nSPS) is 18.9. The van der Waals surface area contributed by atoms with E-state index in [1.54, 1.807) is 7.05 Å².